The fourth-order valence-corrected chi connectivity index (χ4v) is 5.55. The molecule has 5 aromatic rings. The number of anilines is 1. The van der Waals surface area contributed by atoms with Crippen molar-refractivity contribution in [3.8, 4) is 22.6 Å². The maximum Gasteiger partial charge on any atom is 0.323 e. The molecule has 0 bridgehead atoms. The monoisotopic (exact) mass is 549 g/mol. The predicted octanol–water partition coefficient (Wildman–Crippen LogP) is 4.92. The number of benzene rings is 3. The van der Waals surface area contributed by atoms with Gasteiger partial charge in [-0.1, -0.05) is 17.7 Å². The highest BCUT2D eigenvalue weighted by Crippen LogP contribution is 2.38. The second kappa shape index (κ2) is 9.00. The molecule has 36 heavy (non-hydrogen) atoms. The second-order valence-corrected chi connectivity index (χ2v) is 10.6. The Kier molecular flexibility index (Phi) is 5.98. The Labute approximate surface area is 211 Å². The number of hydrogen-bond acceptors (Lipinski definition) is 7. The number of halogens is 3. The van der Waals surface area contributed by atoms with E-state index in [0.29, 0.717) is 43.6 Å². The Bertz CT molecular complexity index is 1770. The van der Waals surface area contributed by atoms with Crippen LogP contribution in [-0.2, 0) is 10.0 Å². The largest absolute Gasteiger partial charge is 0.454 e. The zero-order valence-electron chi connectivity index (χ0n) is 18.1. The number of ether oxygens (including phenoxy) is 1. The van der Waals surface area contributed by atoms with Gasteiger partial charge in [0.25, 0.3) is 10.0 Å². The van der Waals surface area contributed by atoms with Gasteiger partial charge in [0, 0.05) is 41.3 Å². The molecule has 184 valence electrons. The average Bonchev–Trinajstić information content (AvgIpc) is 3.50. The molecule has 3 aromatic carbocycles. The van der Waals surface area contributed by atoms with Gasteiger partial charge in [-0.05, 0) is 35.9 Å². The first-order chi connectivity index (χ1) is 17.1. The van der Waals surface area contributed by atoms with Crippen LogP contribution in [0.4, 0.5) is 13.9 Å². The van der Waals surface area contributed by atoms with Gasteiger partial charge in [0.1, 0.15) is 22.8 Å². The molecular weight excluding hydrogens is 536 g/mol. The zero-order valence-corrected chi connectivity index (χ0v) is 20.5. The van der Waals surface area contributed by atoms with E-state index < -0.39 is 32.3 Å². The van der Waals surface area contributed by atoms with Crippen molar-refractivity contribution in [3.63, 3.8) is 0 Å². The van der Waals surface area contributed by atoms with Gasteiger partial charge in [0.2, 0.25) is 5.13 Å². The fourth-order valence-electron chi connectivity index (χ4n) is 3.48. The van der Waals surface area contributed by atoms with Crippen molar-refractivity contribution in [3.05, 3.63) is 82.0 Å². The van der Waals surface area contributed by atoms with Crippen molar-refractivity contribution in [2.75, 3.05) is 11.4 Å². The number of nitrogens with zero attached hydrogens (tertiary/aromatic N) is 3. The molecule has 14 heteroatoms. The van der Waals surface area contributed by atoms with Gasteiger partial charge >= 0.3 is 5.69 Å². The highest BCUT2D eigenvalue weighted by atomic mass is 35.5. The highest BCUT2D eigenvalue weighted by molar-refractivity contribution is 7.93. The number of hydrogen-bond donors (Lipinski definition) is 2. The summed E-state index contributed by atoms with van der Waals surface area (Å²) in [6.45, 7) is 0. The van der Waals surface area contributed by atoms with Crippen LogP contribution in [0, 0.1) is 11.6 Å². The number of fused-ring (bicyclic) bond motifs is 1. The number of H-pyrrole nitrogens is 2. The normalized spacial score (nSPS) is 11.7. The summed E-state index contributed by atoms with van der Waals surface area (Å²) in [5.41, 5.74) is 1.73. The van der Waals surface area contributed by atoms with Crippen LogP contribution in [0.15, 0.2) is 64.5 Å². The molecule has 5 rings (SSSR count). The Morgan fingerprint density at radius 1 is 1.00 bits per heavy atom. The lowest BCUT2D eigenvalue weighted by Crippen LogP contribution is -2.27. The van der Waals surface area contributed by atoms with E-state index in [1.165, 1.54) is 12.1 Å². The molecule has 0 amide bonds. The van der Waals surface area contributed by atoms with Crippen LogP contribution in [0.5, 0.6) is 11.5 Å². The predicted molar refractivity (Wildman–Crippen MR) is 131 cm³/mol. The SMILES string of the molecule is CN(c1ncns1)S(=O)(=O)c1cc(F)c(Oc2ccc(Cl)cc2-c2ccc3[nH]c(=O)[nH]c3c2)cc1F. The fraction of sp³-hybridized carbons (Fsp3) is 0.0455. The highest BCUT2D eigenvalue weighted by Gasteiger charge is 2.29. The van der Waals surface area contributed by atoms with E-state index >= 15 is 4.39 Å². The summed E-state index contributed by atoms with van der Waals surface area (Å²) in [5.74, 6) is -2.74. The first-order valence-electron chi connectivity index (χ1n) is 10.1. The Morgan fingerprint density at radius 3 is 2.53 bits per heavy atom. The standard InChI is InChI=1S/C22H14ClF2N5O4S2/c1-30(22-26-10-27-35-22)36(32,33)20-9-14(24)19(8-15(20)25)34-18-5-3-12(23)7-13(18)11-2-4-16-17(6-11)29-21(31)28-16/h2-10H,1H3,(H2,28,29,31). The van der Waals surface area contributed by atoms with Crippen LogP contribution < -0.4 is 14.7 Å². The lowest BCUT2D eigenvalue weighted by molar-refractivity contribution is 0.433. The zero-order chi connectivity index (χ0) is 25.6. The molecule has 0 unspecified atom stereocenters. The molecule has 0 fully saturated rings. The summed E-state index contributed by atoms with van der Waals surface area (Å²) in [4.78, 5) is 19.8. The molecule has 0 saturated heterocycles. The topological polar surface area (TPSA) is 121 Å². The van der Waals surface area contributed by atoms with Crippen molar-refractivity contribution in [1.82, 2.24) is 19.3 Å². The molecule has 2 heterocycles. The van der Waals surface area contributed by atoms with E-state index in [9.17, 15) is 17.6 Å². The maximum atomic E-state index is 15.0. The molecule has 2 aromatic heterocycles. The number of aromatic amines is 2. The van der Waals surface area contributed by atoms with Crippen LogP contribution in [0.25, 0.3) is 22.2 Å². The van der Waals surface area contributed by atoms with E-state index in [1.54, 1.807) is 24.3 Å². The third-order valence-corrected chi connectivity index (χ3v) is 8.09. The number of sulfonamides is 1. The summed E-state index contributed by atoms with van der Waals surface area (Å²) in [6.07, 6.45) is 1.15. The number of aromatic nitrogens is 4. The van der Waals surface area contributed by atoms with Crippen LogP contribution in [0.1, 0.15) is 0 Å². The van der Waals surface area contributed by atoms with E-state index in [2.05, 4.69) is 19.3 Å². The molecule has 0 atom stereocenters. The van der Waals surface area contributed by atoms with Crippen LogP contribution in [0.3, 0.4) is 0 Å². The van der Waals surface area contributed by atoms with Gasteiger partial charge in [-0.3, -0.25) is 0 Å². The van der Waals surface area contributed by atoms with E-state index in [4.69, 9.17) is 16.3 Å². The third-order valence-electron chi connectivity index (χ3n) is 5.23. The molecule has 0 radical (unpaired) electrons. The average molecular weight is 550 g/mol. The second-order valence-electron chi connectivity index (χ2n) is 7.49. The van der Waals surface area contributed by atoms with Gasteiger partial charge in [-0.25, -0.2) is 31.3 Å². The van der Waals surface area contributed by atoms with E-state index in [-0.39, 0.29) is 16.6 Å². The van der Waals surface area contributed by atoms with Crippen molar-refractivity contribution >= 4 is 49.3 Å². The van der Waals surface area contributed by atoms with Gasteiger partial charge in [0.05, 0.1) is 11.0 Å². The smallest absolute Gasteiger partial charge is 0.323 e. The lowest BCUT2D eigenvalue weighted by atomic mass is 10.0. The van der Waals surface area contributed by atoms with Gasteiger partial charge in [-0.2, -0.15) is 4.37 Å². The van der Waals surface area contributed by atoms with Gasteiger partial charge in [0.15, 0.2) is 11.6 Å². The third kappa shape index (κ3) is 4.32. The van der Waals surface area contributed by atoms with Crippen LogP contribution in [-0.4, -0.2) is 34.8 Å². The number of rotatable bonds is 6. The molecule has 0 aliphatic heterocycles. The first kappa shape index (κ1) is 23.9. The summed E-state index contributed by atoms with van der Waals surface area (Å²) in [5, 5.41) is 0.342. The minimum atomic E-state index is -4.46. The summed E-state index contributed by atoms with van der Waals surface area (Å²) in [7, 11) is -3.30. The first-order valence-corrected chi connectivity index (χ1v) is 12.7. The van der Waals surface area contributed by atoms with Gasteiger partial charge < -0.3 is 14.7 Å². The Balaban J connectivity index is 1.53. The minimum absolute atomic E-state index is 0.0123. The van der Waals surface area contributed by atoms with Crippen molar-refractivity contribution < 1.29 is 21.9 Å². The molecular formula is C22H14ClF2N5O4S2. The Morgan fingerprint density at radius 2 is 1.78 bits per heavy atom. The van der Waals surface area contributed by atoms with E-state index in [0.717, 1.165) is 24.9 Å². The van der Waals surface area contributed by atoms with Crippen molar-refractivity contribution in [2.45, 2.75) is 4.90 Å². The van der Waals surface area contributed by atoms with Crippen molar-refractivity contribution in [2.24, 2.45) is 0 Å². The van der Waals surface area contributed by atoms with Crippen molar-refractivity contribution in [1.29, 1.82) is 0 Å². The molecule has 0 aliphatic carbocycles. The molecule has 0 saturated carbocycles. The minimum Gasteiger partial charge on any atom is -0.454 e. The Hall–Kier alpha value is -3.81. The number of imidazole rings is 1. The molecule has 0 aliphatic rings. The molecule has 2 N–H and O–H groups in total. The summed E-state index contributed by atoms with van der Waals surface area (Å²) >= 11 is 6.94. The molecule has 0 spiro atoms. The van der Waals surface area contributed by atoms with Crippen LogP contribution in [0.2, 0.25) is 5.02 Å². The van der Waals surface area contributed by atoms with Gasteiger partial charge in [-0.15, -0.1) is 0 Å². The van der Waals surface area contributed by atoms with Crippen LogP contribution >= 0.6 is 23.1 Å². The van der Waals surface area contributed by atoms with E-state index in [1.807, 2.05) is 0 Å². The summed E-state index contributed by atoms with van der Waals surface area (Å²) in [6, 6.07) is 10.8. The quantitative estimate of drug-likeness (QED) is 0.310. The maximum absolute atomic E-state index is 15.0. The summed E-state index contributed by atoms with van der Waals surface area (Å²) < 4.78 is 65.7. The molecule has 9 nitrogen and oxygen atoms in total. The lowest BCUT2D eigenvalue weighted by Gasteiger charge is -2.17. The number of nitrogens with one attached hydrogen (secondary N) is 2.